The predicted molar refractivity (Wildman–Crippen MR) is 84.4 cm³/mol. The summed E-state index contributed by atoms with van der Waals surface area (Å²) < 4.78 is 0.324. The lowest BCUT2D eigenvalue weighted by molar-refractivity contribution is -0.132. The molecule has 0 unspecified atom stereocenters. The van der Waals surface area contributed by atoms with E-state index in [0.29, 0.717) is 9.23 Å². The Hall–Kier alpha value is -1.92. The van der Waals surface area contributed by atoms with Crippen LogP contribution in [0.4, 0.5) is 0 Å². The molecular weight excluding hydrogens is 292 g/mol. The smallest absolute Gasteiger partial charge is 0.274 e. The van der Waals surface area contributed by atoms with Gasteiger partial charge in [0.15, 0.2) is 4.32 Å². The summed E-state index contributed by atoms with van der Waals surface area (Å²) >= 11 is 6.21. The zero-order chi connectivity index (χ0) is 14.5. The van der Waals surface area contributed by atoms with Gasteiger partial charge in [0.1, 0.15) is 0 Å². The molecule has 6 heteroatoms. The van der Waals surface area contributed by atoms with Crippen molar-refractivity contribution in [3.8, 4) is 0 Å². The molecular formula is C14H12N2O2S2. The lowest BCUT2D eigenvalue weighted by Gasteiger charge is -2.13. The quantitative estimate of drug-likeness (QED) is 0.688. The summed E-state index contributed by atoms with van der Waals surface area (Å²) in [6.45, 7) is 1.33. The van der Waals surface area contributed by atoms with Gasteiger partial charge in [-0.2, -0.15) is 5.01 Å². The first-order chi connectivity index (χ1) is 9.58. The van der Waals surface area contributed by atoms with E-state index in [0.717, 1.165) is 22.3 Å². The molecule has 0 radical (unpaired) electrons. The Kier molecular flexibility index (Phi) is 4.70. The van der Waals surface area contributed by atoms with Crippen LogP contribution in [0.25, 0.3) is 6.08 Å². The molecule has 1 aromatic rings. The van der Waals surface area contributed by atoms with E-state index < -0.39 is 0 Å². The summed E-state index contributed by atoms with van der Waals surface area (Å²) in [6.07, 6.45) is 5.37. The maximum absolute atomic E-state index is 12.0. The molecule has 0 spiro atoms. The van der Waals surface area contributed by atoms with Crippen molar-refractivity contribution in [2.24, 2.45) is 0 Å². The van der Waals surface area contributed by atoms with E-state index in [2.05, 4.69) is 5.43 Å². The van der Waals surface area contributed by atoms with Crippen molar-refractivity contribution >= 4 is 46.2 Å². The van der Waals surface area contributed by atoms with Crippen molar-refractivity contribution in [1.82, 2.24) is 10.4 Å². The molecule has 0 bridgehead atoms. The van der Waals surface area contributed by atoms with Gasteiger partial charge in [0, 0.05) is 6.92 Å². The van der Waals surface area contributed by atoms with Crippen LogP contribution in [-0.2, 0) is 9.59 Å². The number of thiocarbonyl (C=S) groups is 1. The number of hydrazine groups is 1. The van der Waals surface area contributed by atoms with E-state index in [1.807, 2.05) is 36.4 Å². The van der Waals surface area contributed by atoms with Gasteiger partial charge in [-0.15, -0.1) is 0 Å². The number of carbonyl (C=O) groups excluding carboxylic acids is 2. The second-order valence-electron chi connectivity index (χ2n) is 3.98. The maximum Gasteiger partial charge on any atom is 0.285 e. The van der Waals surface area contributed by atoms with Crippen LogP contribution in [0.5, 0.6) is 0 Å². The molecule has 0 atom stereocenters. The number of amides is 2. The molecule has 0 aromatic heterocycles. The summed E-state index contributed by atoms with van der Waals surface area (Å²) in [5.41, 5.74) is 3.44. The molecule has 2 amide bonds. The van der Waals surface area contributed by atoms with Crippen LogP contribution in [0.15, 0.2) is 47.4 Å². The number of hydrogen-bond acceptors (Lipinski definition) is 4. The normalized spacial score (nSPS) is 17.2. The number of nitrogens with zero attached hydrogens (tertiary/aromatic N) is 1. The van der Waals surface area contributed by atoms with Crippen LogP contribution in [0.2, 0.25) is 0 Å². The summed E-state index contributed by atoms with van der Waals surface area (Å²) in [4.78, 5) is 23.5. The second kappa shape index (κ2) is 6.49. The SMILES string of the molecule is CC(=O)NN1C(=O)/C(=C\C=C\c2ccccc2)SC1=S. The van der Waals surface area contributed by atoms with Gasteiger partial charge in [0.2, 0.25) is 5.91 Å². The number of thioether (sulfide) groups is 1. The van der Waals surface area contributed by atoms with Crippen LogP contribution < -0.4 is 5.43 Å². The van der Waals surface area contributed by atoms with Gasteiger partial charge >= 0.3 is 0 Å². The largest absolute Gasteiger partial charge is 0.285 e. The second-order valence-corrected chi connectivity index (χ2v) is 5.65. The Balaban J connectivity index is 2.08. The minimum Gasteiger partial charge on any atom is -0.274 e. The highest BCUT2D eigenvalue weighted by Gasteiger charge is 2.32. The predicted octanol–water partition coefficient (Wildman–Crippen LogP) is 2.50. The topological polar surface area (TPSA) is 49.4 Å². The molecule has 1 heterocycles. The van der Waals surface area contributed by atoms with E-state index in [9.17, 15) is 9.59 Å². The number of hydrogen-bond donors (Lipinski definition) is 1. The zero-order valence-corrected chi connectivity index (χ0v) is 12.3. The Bertz CT molecular complexity index is 609. The van der Waals surface area contributed by atoms with Crippen LogP contribution in [0.1, 0.15) is 12.5 Å². The number of nitrogens with one attached hydrogen (secondary N) is 1. The van der Waals surface area contributed by atoms with E-state index in [1.165, 1.54) is 6.92 Å². The van der Waals surface area contributed by atoms with Crippen LogP contribution >= 0.6 is 24.0 Å². The molecule has 1 aromatic carbocycles. The third kappa shape index (κ3) is 3.55. The average molecular weight is 304 g/mol. The van der Waals surface area contributed by atoms with E-state index >= 15 is 0 Å². The monoisotopic (exact) mass is 304 g/mol. The van der Waals surface area contributed by atoms with Crippen molar-refractivity contribution in [3.05, 3.63) is 53.0 Å². The number of allylic oxidation sites excluding steroid dienone is 2. The minimum atomic E-state index is -0.331. The van der Waals surface area contributed by atoms with Gasteiger partial charge < -0.3 is 0 Å². The third-order valence-electron chi connectivity index (χ3n) is 2.40. The maximum atomic E-state index is 12.0. The van der Waals surface area contributed by atoms with Crippen molar-refractivity contribution in [1.29, 1.82) is 0 Å². The fraction of sp³-hybridized carbons (Fsp3) is 0.0714. The number of rotatable bonds is 3. The van der Waals surface area contributed by atoms with E-state index in [4.69, 9.17) is 12.2 Å². The van der Waals surface area contributed by atoms with Crippen molar-refractivity contribution < 1.29 is 9.59 Å². The van der Waals surface area contributed by atoms with Gasteiger partial charge in [-0.05, 0) is 23.9 Å². The number of benzene rings is 1. The van der Waals surface area contributed by atoms with Gasteiger partial charge in [-0.25, -0.2) is 0 Å². The summed E-state index contributed by atoms with van der Waals surface area (Å²) in [5.74, 6) is -0.643. The highest BCUT2D eigenvalue weighted by Crippen LogP contribution is 2.29. The molecule has 0 aliphatic carbocycles. The lowest BCUT2D eigenvalue weighted by Crippen LogP contribution is -2.43. The van der Waals surface area contributed by atoms with Gasteiger partial charge in [0.25, 0.3) is 5.91 Å². The highest BCUT2D eigenvalue weighted by atomic mass is 32.2. The molecule has 1 saturated heterocycles. The van der Waals surface area contributed by atoms with Gasteiger partial charge in [-0.1, -0.05) is 54.2 Å². The van der Waals surface area contributed by atoms with Gasteiger partial charge in [0.05, 0.1) is 4.91 Å². The van der Waals surface area contributed by atoms with Crippen molar-refractivity contribution in [2.45, 2.75) is 6.92 Å². The molecule has 20 heavy (non-hydrogen) atoms. The molecule has 1 aliphatic heterocycles. The van der Waals surface area contributed by atoms with Crippen LogP contribution in [0.3, 0.4) is 0 Å². The first-order valence-corrected chi connectivity index (χ1v) is 7.07. The molecule has 0 saturated carbocycles. The van der Waals surface area contributed by atoms with Crippen molar-refractivity contribution in [2.75, 3.05) is 0 Å². The molecule has 1 N–H and O–H groups in total. The third-order valence-corrected chi connectivity index (χ3v) is 3.72. The Morgan fingerprint density at radius 3 is 2.70 bits per heavy atom. The molecule has 4 nitrogen and oxygen atoms in total. The molecule has 2 rings (SSSR count). The van der Waals surface area contributed by atoms with E-state index in [1.54, 1.807) is 12.2 Å². The first kappa shape index (κ1) is 14.5. The Morgan fingerprint density at radius 1 is 1.35 bits per heavy atom. The standard InChI is InChI=1S/C14H12N2O2S2/c1-10(17)15-16-13(18)12(20-14(16)19)9-5-8-11-6-3-2-4-7-11/h2-9H,1H3,(H,15,17)/b8-5+,12-9+. The fourth-order valence-corrected chi connectivity index (χ4v) is 2.68. The molecule has 1 aliphatic rings. The minimum absolute atomic E-state index is 0.312. The zero-order valence-electron chi connectivity index (χ0n) is 10.7. The lowest BCUT2D eigenvalue weighted by atomic mass is 10.2. The first-order valence-electron chi connectivity index (χ1n) is 5.85. The van der Waals surface area contributed by atoms with Crippen molar-refractivity contribution in [3.63, 3.8) is 0 Å². The summed E-state index contributed by atoms with van der Waals surface area (Å²) in [6, 6.07) is 9.75. The Morgan fingerprint density at radius 2 is 2.05 bits per heavy atom. The highest BCUT2D eigenvalue weighted by molar-refractivity contribution is 8.26. The summed E-state index contributed by atoms with van der Waals surface area (Å²) in [5, 5.41) is 1.09. The molecule has 1 fully saturated rings. The average Bonchev–Trinajstić information content (AvgIpc) is 2.67. The number of carbonyl (C=O) groups is 2. The van der Waals surface area contributed by atoms with E-state index in [-0.39, 0.29) is 11.8 Å². The van der Waals surface area contributed by atoms with Crippen LogP contribution in [-0.4, -0.2) is 21.1 Å². The Labute approximate surface area is 126 Å². The molecule has 102 valence electrons. The van der Waals surface area contributed by atoms with Crippen LogP contribution in [0, 0.1) is 0 Å². The summed E-state index contributed by atoms with van der Waals surface area (Å²) in [7, 11) is 0. The van der Waals surface area contributed by atoms with Gasteiger partial charge in [-0.3, -0.25) is 15.0 Å². The fourth-order valence-electron chi connectivity index (χ4n) is 1.55.